The van der Waals surface area contributed by atoms with Gasteiger partial charge in [-0.25, -0.2) is 9.97 Å². The molecule has 7 heteroatoms. The number of thiophene rings is 1. The zero-order valence-corrected chi connectivity index (χ0v) is 14.0. The van der Waals surface area contributed by atoms with E-state index >= 15 is 0 Å². The monoisotopic (exact) mass is 331 g/mol. The highest BCUT2D eigenvalue weighted by molar-refractivity contribution is 7.19. The smallest absolute Gasteiger partial charge is 0.236 e. The minimum atomic E-state index is -0.316. The van der Waals surface area contributed by atoms with E-state index in [0.717, 1.165) is 42.5 Å². The van der Waals surface area contributed by atoms with Crippen molar-refractivity contribution in [2.24, 2.45) is 11.7 Å². The number of aryl methyl sites for hydroxylation is 1. The van der Waals surface area contributed by atoms with Crippen molar-refractivity contribution in [2.45, 2.75) is 32.2 Å². The summed E-state index contributed by atoms with van der Waals surface area (Å²) in [6, 6.07) is -0.316. The number of nitrogens with one attached hydrogen (secondary N) is 1. The highest BCUT2D eigenvalue weighted by atomic mass is 32.1. The second-order valence-electron chi connectivity index (χ2n) is 6.58. The Morgan fingerprint density at radius 2 is 2.35 bits per heavy atom. The molecule has 2 atom stereocenters. The van der Waals surface area contributed by atoms with Crippen molar-refractivity contribution in [1.29, 1.82) is 0 Å². The molecule has 1 fully saturated rings. The molecular formula is C16H21N5OS. The Labute approximate surface area is 139 Å². The van der Waals surface area contributed by atoms with Gasteiger partial charge < -0.3 is 16.0 Å². The molecule has 1 amide bonds. The first-order chi connectivity index (χ1) is 11.1. The molecule has 0 saturated carbocycles. The Hall–Kier alpha value is -1.73. The topological polar surface area (TPSA) is 84.1 Å². The van der Waals surface area contributed by atoms with Crippen LogP contribution in [-0.4, -0.2) is 41.6 Å². The molecule has 23 heavy (non-hydrogen) atoms. The molecule has 122 valence electrons. The van der Waals surface area contributed by atoms with Crippen molar-refractivity contribution < 1.29 is 4.79 Å². The summed E-state index contributed by atoms with van der Waals surface area (Å²) in [5.74, 6) is 1.40. The molecule has 0 aromatic carbocycles. The lowest BCUT2D eigenvalue weighted by atomic mass is 9.89. The number of amides is 1. The Morgan fingerprint density at radius 1 is 1.48 bits per heavy atom. The van der Waals surface area contributed by atoms with Crippen molar-refractivity contribution in [1.82, 2.24) is 15.3 Å². The number of anilines is 1. The SMILES string of the molecule is C[C@H]1CCc2c(sc3ncnc(N4CCN[C@@H](C(N)=O)C4)c23)C1. The number of hydrogen-bond donors (Lipinski definition) is 2. The maximum Gasteiger partial charge on any atom is 0.236 e. The third kappa shape index (κ3) is 2.57. The lowest BCUT2D eigenvalue weighted by Gasteiger charge is -2.33. The number of piperazine rings is 1. The average molecular weight is 331 g/mol. The van der Waals surface area contributed by atoms with Crippen LogP contribution in [0.25, 0.3) is 10.2 Å². The fourth-order valence-electron chi connectivity index (χ4n) is 3.63. The van der Waals surface area contributed by atoms with Gasteiger partial charge in [0.2, 0.25) is 5.91 Å². The maximum absolute atomic E-state index is 11.5. The highest BCUT2D eigenvalue weighted by Gasteiger charge is 2.28. The van der Waals surface area contributed by atoms with Crippen molar-refractivity contribution in [3.05, 3.63) is 16.8 Å². The summed E-state index contributed by atoms with van der Waals surface area (Å²) in [6.45, 7) is 4.45. The molecule has 0 spiro atoms. The number of carbonyl (C=O) groups excluding carboxylic acids is 1. The third-order valence-corrected chi connectivity index (χ3v) is 6.05. The molecule has 0 unspecified atom stereocenters. The van der Waals surface area contributed by atoms with Crippen molar-refractivity contribution >= 4 is 33.3 Å². The molecule has 6 nitrogen and oxygen atoms in total. The van der Waals surface area contributed by atoms with Gasteiger partial charge >= 0.3 is 0 Å². The van der Waals surface area contributed by atoms with E-state index in [2.05, 4.69) is 27.1 Å². The predicted molar refractivity (Wildman–Crippen MR) is 91.8 cm³/mol. The number of aromatic nitrogens is 2. The average Bonchev–Trinajstić information content (AvgIpc) is 2.92. The quantitative estimate of drug-likeness (QED) is 0.860. The molecule has 1 aliphatic carbocycles. The molecule has 4 rings (SSSR count). The van der Waals surface area contributed by atoms with Gasteiger partial charge in [-0.05, 0) is 30.7 Å². The normalized spacial score (nSPS) is 24.7. The van der Waals surface area contributed by atoms with Crippen LogP contribution in [0.4, 0.5) is 5.82 Å². The van der Waals surface area contributed by atoms with Crippen LogP contribution >= 0.6 is 11.3 Å². The molecule has 2 aromatic rings. The van der Waals surface area contributed by atoms with Gasteiger partial charge in [0.15, 0.2) is 0 Å². The van der Waals surface area contributed by atoms with Gasteiger partial charge in [0, 0.05) is 24.5 Å². The van der Waals surface area contributed by atoms with E-state index < -0.39 is 0 Å². The van der Waals surface area contributed by atoms with Crippen LogP contribution in [-0.2, 0) is 17.6 Å². The number of nitrogens with two attached hydrogens (primary N) is 1. The van der Waals surface area contributed by atoms with E-state index in [1.54, 1.807) is 17.7 Å². The molecule has 2 aromatic heterocycles. The van der Waals surface area contributed by atoms with E-state index in [0.29, 0.717) is 6.54 Å². The molecule has 0 bridgehead atoms. The number of carbonyl (C=O) groups is 1. The van der Waals surface area contributed by atoms with Gasteiger partial charge in [-0.2, -0.15) is 0 Å². The second kappa shape index (κ2) is 5.72. The van der Waals surface area contributed by atoms with Crippen LogP contribution in [0, 0.1) is 5.92 Å². The van der Waals surface area contributed by atoms with E-state index in [-0.39, 0.29) is 11.9 Å². The summed E-state index contributed by atoms with van der Waals surface area (Å²) < 4.78 is 0. The number of fused-ring (bicyclic) bond motifs is 3. The Kier molecular flexibility index (Phi) is 3.69. The van der Waals surface area contributed by atoms with Crippen LogP contribution < -0.4 is 16.0 Å². The molecule has 3 N–H and O–H groups in total. The van der Waals surface area contributed by atoms with Crippen LogP contribution in [0.2, 0.25) is 0 Å². The van der Waals surface area contributed by atoms with Gasteiger partial charge in [0.25, 0.3) is 0 Å². The first-order valence-corrected chi connectivity index (χ1v) is 8.98. The maximum atomic E-state index is 11.5. The van der Waals surface area contributed by atoms with E-state index in [1.165, 1.54) is 22.2 Å². The minimum absolute atomic E-state index is 0.304. The first kappa shape index (κ1) is 14.8. The van der Waals surface area contributed by atoms with Crippen molar-refractivity contribution in [3.8, 4) is 0 Å². The van der Waals surface area contributed by atoms with Crippen molar-refractivity contribution in [2.75, 3.05) is 24.5 Å². The number of hydrogen-bond acceptors (Lipinski definition) is 6. The van der Waals surface area contributed by atoms with Crippen LogP contribution in [0.5, 0.6) is 0 Å². The summed E-state index contributed by atoms with van der Waals surface area (Å²) in [7, 11) is 0. The van der Waals surface area contributed by atoms with Gasteiger partial charge in [0.1, 0.15) is 23.0 Å². The third-order valence-electron chi connectivity index (χ3n) is 4.89. The lowest BCUT2D eigenvalue weighted by Crippen LogP contribution is -2.56. The first-order valence-electron chi connectivity index (χ1n) is 8.16. The molecule has 1 saturated heterocycles. The molecule has 0 radical (unpaired) electrons. The summed E-state index contributed by atoms with van der Waals surface area (Å²) in [4.78, 5) is 25.3. The summed E-state index contributed by atoms with van der Waals surface area (Å²) in [5.41, 5.74) is 6.89. The number of nitrogens with zero attached hydrogens (tertiary/aromatic N) is 3. The second-order valence-corrected chi connectivity index (χ2v) is 7.67. The standard InChI is InChI=1S/C16H21N5OS/c1-9-2-3-10-12(6-9)23-16-13(10)15(19-8-20-16)21-5-4-18-11(7-21)14(17)22/h8-9,11,18H,2-7H2,1H3,(H2,17,22)/t9-,11+/m0/s1. The Balaban J connectivity index is 1.77. The van der Waals surface area contributed by atoms with Crippen molar-refractivity contribution in [3.63, 3.8) is 0 Å². The Morgan fingerprint density at radius 3 is 3.17 bits per heavy atom. The van der Waals surface area contributed by atoms with Gasteiger partial charge in [-0.3, -0.25) is 4.79 Å². The Bertz CT molecular complexity index is 758. The number of primary amides is 1. The zero-order valence-electron chi connectivity index (χ0n) is 13.2. The fraction of sp³-hybridized carbons (Fsp3) is 0.562. The highest BCUT2D eigenvalue weighted by Crippen LogP contribution is 2.40. The lowest BCUT2D eigenvalue weighted by molar-refractivity contribution is -0.120. The van der Waals surface area contributed by atoms with Gasteiger partial charge in [-0.1, -0.05) is 6.92 Å². The van der Waals surface area contributed by atoms with Gasteiger partial charge in [-0.15, -0.1) is 11.3 Å². The van der Waals surface area contributed by atoms with E-state index in [9.17, 15) is 4.79 Å². The molecule has 1 aliphatic heterocycles. The summed E-state index contributed by atoms with van der Waals surface area (Å²) in [5, 5.41) is 4.37. The fourth-order valence-corrected chi connectivity index (χ4v) is 4.98. The van der Waals surface area contributed by atoms with Crippen LogP contribution in [0.3, 0.4) is 0 Å². The molecule has 3 heterocycles. The van der Waals surface area contributed by atoms with E-state index in [4.69, 9.17) is 5.73 Å². The minimum Gasteiger partial charge on any atom is -0.368 e. The largest absolute Gasteiger partial charge is 0.368 e. The van der Waals surface area contributed by atoms with Crippen LogP contribution in [0.1, 0.15) is 23.8 Å². The van der Waals surface area contributed by atoms with Crippen LogP contribution in [0.15, 0.2) is 6.33 Å². The molecule has 2 aliphatic rings. The number of rotatable bonds is 2. The predicted octanol–water partition coefficient (Wildman–Crippen LogP) is 1.08. The summed E-state index contributed by atoms with van der Waals surface area (Å²) in [6.07, 6.45) is 5.10. The van der Waals surface area contributed by atoms with E-state index in [1.807, 2.05) is 0 Å². The summed E-state index contributed by atoms with van der Waals surface area (Å²) >= 11 is 1.80. The van der Waals surface area contributed by atoms with Gasteiger partial charge in [0.05, 0.1) is 5.39 Å². The zero-order chi connectivity index (χ0) is 16.0. The molecular weight excluding hydrogens is 310 g/mol.